The third-order valence-electron chi connectivity index (χ3n) is 5.24. The fraction of sp³-hybridized carbons (Fsp3) is 0.400. The molecular formula is C20H23BrN2O2S. The maximum Gasteiger partial charge on any atom is 0.243 e. The van der Waals surface area contributed by atoms with Crippen LogP contribution in [-0.4, -0.2) is 31.9 Å². The molecule has 2 aliphatic rings. The molecule has 0 amide bonds. The van der Waals surface area contributed by atoms with E-state index in [1.807, 2.05) is 0 Å². The number of benzene rings is 2. The van der Waals surface area contributed by atoms with Gasteiger partial charge in [0.2, 0.25) is 10.0 Å². The highest BCUT2D eigenvalue weighted by atomic mass is 79.9. The van der Waals surface area contributed by atoms with Crippen LogP contribution in [0.4, 0.5) is 5.69 Å². The number of piperidine rings is 1. The lowest BCUT2D eigenvalue weighted by Crippen LogP contribution is -2.42. The topological polar surface area (TPSA) is 49.4 Å². The van der Waals surface area contributed by atoms with Gasteiger partial charge in [-0.25, -0.2) is 8.42 Å². The Morgan fingerprint density at radius 3 is 2.08 bits per heavy atom. The Morgan fingerprint density at radius 2 is 1.50 bits per heavy atom. The van der Waals surface area contributed by atoms with Crippen molar-refractivity contribution >= 4 is 31.6 Å². The summed E-state index contributed by atoms with van der Waals surface area (Å²) in [6, 6.07) is 15.9. The van der Waals surface area contributed by atoms with Crippen LogP contribution in [0.1, 0.15) is 37.2 Å². The van der Waals surface area contributed by atoms with E-state index in [4.69, 9.17) is 0 Å². The monoisotopic (exact) mass is 434 g/mol. The lowest BCUT2D eigenvalue weighted by atomic mass is 10.1. The number of halogens is 1. The van der Waals surface area contributed by atoms with Crippen LogP contribution in [0.2, 0.25) is 0 Å². The van der Waals surface area contributed by atoms with E-state index in [1.165, 1.54) is 18.4 Å². The number of hydrogen-bond donors (Lipinski definition) is 1. The maximum atomic E-state index is 12.8. The molecule has 0 aromatic heterocycles. The molecule has 1 saturated heterocycles. The van der Waals surface area contributed by atoms with E-state index < -0.39 is 10.0 Å². The fourth-order valence-corrected chi connectivity index (χ4v) is 5.23. The number of nitrogens with zero attached hydrogens (tertiary/aromatic N) is 1. The largest absolute Gasteiger partial charge is 0.382 e. The van der Waals surface area contributed by atoms with Crippen LogP contribution in [0.25, 0.3) is 0 Å². The molecule has 0 radical (unpaired) electrons. The average molecular weight is 435 g/mol. The molecule has 1 N–H and O–H groups in total. The van der Waals surface area contributed by atoms with Gasteiger partial charge in [0.1, 0.15) is 0 Å². The van der Waals surface area contributed by atoms with Gasteiger partial charge in [-0.2, -0.15) is 4.31 Å². The molecule has 1 aliphatic carbocycles. The predicted octanol–water partition coefficient (Wildman–Crippen LogP) is 4.59. The van der Waals surface area contributed by atoms with Crippen LogP contribution in [-0.2, 0) is 10.0 Å². The summed E-state index contributed by atoms with van der Waals surface area (Å²) in [5.41, 5.74) is 2.56. The molecule has 26 heavy (non-hydrogen) atoms. The summed E-state index contributed by atoms with van der Waals surface area (Å²) in [5, 5.41) is 3.56. The van der Waals surface area contributed by atoms with E-state index in [0.29, 0.717) is 24.0 Å². The summed E-state index contributed by atoms with van der Waals surface area (Å²) in [6.45, 7) is 1.10. The van der Waals surface area contributed by atoms with Crippen LogP contribution in [0, 0.1) is 0 Å². The van der Waals surface area contributed by atoms with Gasteiger partial charge >= 0.3 is 0 Å². The Hall–Kier alpha value is -1.37. The minimum absolute atomic E-state index is 0.318. The summed E-state index contributed by atoms with van der Waals surface area (Å²) in [6.07, 6.45) is 4.27. The van der Waals surface area contributed by atoms with Gasteiger partial charge in [-0.1, -0.05) is 28.1 Å². The number of sulfonamides is 1. The van der Waals surface area contributed by atoms with Crippen LogP contribution in [0.15, 0.2) is 57.9 Å². The lowest BCUT2D eigenvalue weighted by molar-refractivity contribution is 0.330. The highest BCUT2D eigenvalue weighted by Crippen LogP contribution is 2.40. The highest BCUT2D eigenvalue weighted by molar-refractivity contribution is 9.10. The quantitative estimate of drug-likeness (QED) is 0.748. The van der Waals surface area contributed by atoms with Crippen molar-refractivity contribution in [2.45, 2.75) is 42.5 Å². The zero-order valence-corrected chi connectivity index (χ0v) is 17.0. The average Bonchev–Trinajstić information content (AvgIpc) is 3.48. The van der Waals surface area contributed by atoms with Crippen molar-refractivity contribution in [3.8, 4) is 0 Å². The first-order valence-corrected chi connectivity index (χ1v) is 11.4. The van der Waals surface area contributed by atoms with Gasteiger partial charge in [-0.3, -0.25) is 0 Å². The Balaban J connectivity index is 1.35. The van der Waals surface area contributed by atoms with Gasteiger partial charge in [0.25, 0.3) is 0 Å². The smallest absolute Gasteiger partial charge is 0.243 e. The van der Waals surface area contributed by atoms with Gasteiger partial charge in [0.05, 0.1) is 4.90 Å². The molecule has 4 nitrogen and oxygen atoms in total. The van der Waals surface area contributed by atoms with E-state index in [-0.39, 0.29) is 0 Å². The Bertz CT molecular complexity index is 854. The van der Waals surface area contributed by atoms with Crippen molar-refractivity contribution in [2.75, 3.05) is 18.4 Å². The summed E-state index contributed by atoms with van der Waals surface area (Å²) >= 11 is 3.35. The molecule has 0 atom stereocenters. The lowest BCUT2D eigenvalue weighted by Gasteiger charge is -2.32. The molecule has 0 unspecified atom stereocenters. The van der Waals surface area contributed by atoms with Crippen molar-refractivity contribution in [1.82, 2.24) is 4.31 Å². The van der Waals surface area contributed by atoms with Crippen LogP contribution in [0.5, 0.6) is 0 Å². The highest BCUT2D eigenvalue weighted by Gasteiger charge is 2.29. The zero-order chi connectivity index (χ0) is 18.1. The molecule has 0 bridgehead atoms. The van der Waals surface area contributed by atoms with E-state index in [1.54, 1.807) is 28.6 Å². The number of anilines is 1. The second kappa shape index (κ2) is 7.33. The first-order valence-electron chi connectivity index (χ1n) is 9.14. The van der Waals surface area contributed by atoms with E-state index in [9.17, 15) is 8.42 Å². The molecule has 1 heterocycles. The van der Waals surface area contributed by atoms with E-state index >= 15 is 0 Å². The second-order valence-electron chi connectivity index (χ2n) is 7.17. The van der Waals surface area contributed by atoms with Gasteiger partial charge in [-0.15, -0.1) is 0 Å². The third kappa shape index (κ3) is 3.97. The van der Waals surface area contributed by atoms with E-state index in [2.05, 4.69) is 45.5 Å². The van der Waals surface area contributed by atoms with Crippen molar-refractivity contribution < 1.29 is 8.42 Å². The van der Waals surface area contributed by atoms with Crippen molar-refractivity contribution in [1.29, 1.82) is 0 Å². The van der Waals surface area contributed by atoms with Crippen LogP contribution < -0.4 is 5.32 Å². The molecule has 1 saturated carbocycles. The summed E-state index contributed by atoms with van der Waals surface area (Å²) in [4.78, 5) is 0.364. The summed E-state index contributed by atoms with van der Waals surface area (Å²) < 4.78 is 28.0. The Kier molecular flexibility index (Phi) is 5.08. The third-order valence-corrected chi connectivity index (χ3v) is 7.68. The SMILES string of the molecule is O=S(=O)(c1ccc(Br)cc1)N1CCC(Nc2ccc(C3CC3)cc2)CC1. The number of hydrogen-bond acceptors (Lipinski definition) is 3. The minimum Gasteiger partial charge on any atom is -0.382 e. The molecule has 6 heteroatoms. The van der Waals surface area contributed by atoms with E-state index in [0.717, 1.165) is 28.9 Å². The number of nitrogens with one attached hydrogen (secondary N) is 1. The zero-order valence-electron chi connectivity index (χ0n) is 14.6. The second-order valence-corrected chi connectivity index (χ2v) is 10.0. The van der Waals surface area contributed by atoms with Crippen LogP contribution >= 0.6 is 15.9 Å². The fourth-order valence-electron chi connectivity index (χ4n) is 3.50. The molecule has 2 aromatic rings. The molecule has 4 rings (SSSR count). The predicted molar refractivity (Wildman–Crippen MR) is 108 cm³/mol. The summed E-state index contributed by atoms with van der Waals surface area (Å²) in [7, 11) is -3.40. The first kappa shape index (κ1) is 18.0. The van der Waals surface area contributed by atoms with Crippen molar-refractivity contribution in [3.05, 3.63) is 58.6 Å². The summed E-state index contributed by atoms with van der Waals surface area (Å²) in [5.74, 6) is 0.774. The van der Waals surface area contributed by atoms with Gasteiger partial charge in [0.15, 0.2) is 0 Å². The molecule has 0 spiro atoms. The van der Waals surface area contributed by atoms with Crippen LogP contribution in [0.3, 0.4) is 0 Å². The molecular weight excluding hydrogens is 412 g/mol. The van der Waals surface area contributed by atoms with Crippen molar-refractivity contribution in [3.63, 3.8) is 0 Å². The Labute approximate surface area is 163 Å². The Morgan fingerprint density at radius 1 is 0.885 bits per heavy atom. The number of rotatable bonds is 5. The maximum absolute atomic E-state index is 12.8. The standard InChI is InChI=1S/C20H23BrN2O2S/c21-17-5-9-20(10-6-17)26(24,25)23-13-11-19(12-14-23)22-18-7-3-16(4-8-18)15-1-2-15/h3-10,15,19,22H,1-2,11-14H2. The van der Waals surface area contributed by atoms with Gasteiger partial charge in [-0.05, 0) is 73.6 Å². The molecule has 2 aromatic carbocycles. The minimum atomic E-state index is -3.40. The normalized spacial score (nSPS) is 19.4. The molecule has 2 fully saturated rings. The molecule has 1 aliphatic heterocycles. The first-order chi connectivity index (χ1) is 12.5. The van der Waals surface area contributed by atoms with Gasteiger partial charge in [0, 0.05) is 29.3 Å². The van der Waals surface area contributed by atoms with Gasteiger partial charge < -0.3 is 5.32 Å². The molecule has 138 valence electrons. The van der Waals surface area contributed by atoms with Crippen molar-refractivity contribution in [2.24, 2.45) is 0 Å².